The molecule has 3 aromatic rings. The van der Waals surface area contributed by atoms with Crippen molar-refractivity contribution in [2.45, 2.75) is 25.9 Å². The van der Waals surface area contributed by atoms with Gasteiger partial charge in [-0.15, -0.1) is 11.3 Å². The summed E-state index contributed by atoms with van der Waals surface area (Å²) in [6.45, 7) is 5.73. The zero-order valence-corrected chi connectivity index (χ0v) is 14.6. The number of aromatic nitrogens is 2. The highest BCUT2D eigenvalue weighted by atomic mass is 32.1. The lowest BCUT2D eigenvalue weighted by molar-refractivity contribution is -0.0303. The van der Waals surface area contributed by atoms with Gasteiger partial charge in [-0.3, -0.25) is 4.90 Å². The fraction of sp³-hybridized carbons (Fsp3) is 0.444. The Morgan fingerprint density at radius 3 is 3.04 bits per heavy atom. The molecule has 1 atom stereocenters. The minimum absolute atomic E-state index is 0.113. The average Bonchev–Trinajstić information content (AvgIpc) is 3.21. The minimum Gasteiger partial charge on any atom is -0.441 e. The summed E-state index contributed by atoms with van der Waals surface area (Å²) in [5.41, 5.74) is 2.89. The maximum Gasteiger partial charge on any atom is 0.195 e. The van der Waals surface area contributed by atoms with Gasteiger partial charge < -0.3 is 9.15 Å². The van der Waals surface area contributed by atoms with Gasteiger partial charge >= 0.3 is 0 Å². The molecule has 0 radical (unpaired) electrons. The summed E-state index contributed by atoms with van der Waals surface area (Å²) in [6.07, 6.45) is 2.02. The molecule has 1 fully saturated rings. The number of fused-ring (bicyclic) bond motifs is 1. The molecular weight excluding hydrogens is 322 g/mol. The number of hydrogen-bond acceptors (Lipinski definition) is 6. The van der Waals surface area contributed by atoms with Crippen LogP contribution in [0.4, 0.5) is 0 Å². The van der Waals surface area contributed by atoms with E-state index >= 15 is 0 Å². The van der Waals surface area contributed by atoms with Gasteiger partial charge in [-0.25, -0.2) is 9.97 Å². The lowest BCUT2D eigenvalue weighted by Gasteiger charge is -2.31. The topological polar surface area (TPSA) is 51.4 Å². The SMILES string of the molecule is Cc1csc([C@H]2CN(CCCc3nc4ccccc4o3)CCO2)n1. The molecule has 24 heavy (non-hydrogen) atoms. The van der Waals surface area contributed by atoms with Crippen LogP contribution in [0.1, 0.15) is 29.1 Å². The van der Waals surface area contributed by atoms with Crippen LogP contribution in [-0.4, -0.2) is 41.1 Å². The van der Waals surface area contributed by atoms with Crippen molar-refractivity contribution in [1.29, 1.82) is 0 Å². The fourth-order valence-corrected chi connectivity index (χ4v) is 3.89. The Kier molecular flexibility index (Phi) is 4.60. The van der Waals surface area contributed by atoms with Crippen molar-refractivity contribution < 1.29 is 9.15 Å². The standard InChI is InChI=1S/C18H21N3O2S/c1-13-12-24-18(19-13)16-11-21(9-10-22-16)8-4-7-17-20-14-5-2-3-6-15(14)23-17/h2-3,5-6,12,16H,4,7-11H2,1H3/t16-/m1/s1. The second-order valence-corrected chi connectivity index (χ2v) is 7.06. The van der Waals surface area contributed by atoms with E-state index in [0.717, 1.165) is 66.8 Å². The molecule has 1 aliphatic heterocycles. The van der Waals surface area contributed by atoms with Gasteiger partial charge in [-0.2, -0.15) is 0 Å². The maximum absolute atomic E-state index is 5.89. The molecule has 0 unspecified atom stereocenters. The van der Waals surface area contributed by atoms with E-state index in [-0.39, 0.29) is 6.10 Å². The third kappa shape index (κ3) is 3.50. The first kappa shape index (κ1) is 15.7. The zero-order chi connectivity index (χ0) is 16.4. The molecule has 0 amide bonds. The number of nitrogens with zero attached hydrogens (tertiary/aromatic N) is 3. The van der Waals surface area contributed by atoms with E-state index in [9.17, 15) is 0 Å². The van der Waals surface area contributed by atoms with Gasteiger partial charge in [0.05, 0.1) is 6.61 Å². The first-order chi connectivity index (χ1) is 11.8. The molecule has 0 aliphatic carbocycles. The van der Waals surface area contributed by atoms with Crippen LogP contribution in [0, 0.1) is 6.92 Å². The maximum atomic E-state index is 5.89. The number of rotatable bonds is 5. The van der Waals surface area contributed by atoms with Crippen LogP contribution in [0.15, 0.2) is 34.1 Å². The Balaban J connectivity index is 1.30. The van der Waals surface area contributed by atoms with Gasteiger partial charge in [0.15, 0.2) is 11.5 Å². The molecule has 0 spiro atoms. The van der Waals surface area contributed by atoms with Crippen LogP contribution in [0.5, 0.6) is 0 Å². The molecule has 4 rings (SSSR count). The van der Waals surface area contributed by atoms with Gasteiger partial charge in [0.2, 0.25) is 0 Å². The van der Waals surface area contributed by atoms with E-state index in [1.165, 1.54) is 0 Å². The van der Waals surface area contributed by atoms with Gasteiger partial charge in [0.25, 0.3) is 0 Å². The van der Waals surface area contributed by atoms with E-state index in [0.29, 0.717) is 0 Å². The molecule has 0 saturated carbocycles. The average molecular weight is 343 g/mol. The van der Waals surface area contributed by atoms with Crippen molar-refractivity contribution in [3.63, 3.8) is 0 Å². The van der Waals surface area contributed by atoms with E-state index in [1.807, 2.05) is 31.2 Å². The Labute approximate surface area is 145 Å². The Bertz CT molecular complexity index is 780. The second-order valence-electron chi connectivity index (χ2n) is 6.17. The van der Waals surface area contributed by atoms with Crippen LogP contribution in [0.2, 0.25) is 0 Å². The van der Waals surface area contributed by atoms with Crippen molar-refractivity contribution in [3.05, 3.63) is 46.2 Å². The highest BCUT2D eigenvalue weighted by Gasteiger charge is 2.24. The Morgan fingerprint density at radius 1 is 1.29 bits per heavy atom. The summed E-state index contributed by atoms with van der Waals surface area (Å²) in [5.74, 6) is 0.830. The predicted octanol–water partition coefficient (Wildman–Crippen LogP) is 3.60. The summed E-state index contributed by atoms with van der Waals surface area (Å²) in [5, 5.41) is 3.18. The van der Waals surface area contributed by atoms with Crippen molar-refractivity contribution >= 4 is 22.4 Å². The third-order valence-corrected chi connectivity index (χ3v) is 5.32. The number of thiazole rings is 1. The molecule has 1 aliphatic rings. The molecule has 3 heterocycles. The van der Waals surface area contributed by atoms with Crippen LogP contribution in [0.25, 0.3) is 11.1 Å². The molecule has 2 aromatic heterocycles. The second kappa shape index (κ2) is 7.01. The summed E-state index contributed by atoms with van der Waals surface area (Å²) < 4.78 is 11.7. The fourth-order valence-electron chi connectivity index (χ4n) is 3.06. The van der Waals surface area contributed by atoms with Crippen molar-refractivity contribution in [1.82, 2.24) is 14.9 Å². The largest absolute Gasteiger partial charge is 0.441 e. The Morgan fingerprint density at radius 2 is 2.21 bits per heavy atom. The number of para-hydroxylation sites is 2. The number of morpholine rings is 1. The number of hydrogen-bond donors (Lipinski definition) is 0. The molecule has 1 saturated heterocycles. The molecular formula is C18H21N3O2S. The summed E-state index contributed by atoms with van der Waals surface area (Å²) >= 11 is 1.69. The molecule has 126 valence electrons. The highest BCUT2D eigenvalue weighted by molar-refractivity contribution is 7.09. The smallest absolute Gasteiger partial charge is 0.195 e. The van der Waals surface area contributed by atoms with E-state index in [1.54, 1.807) is 11.3 Å². The number of ether oxygens (including phenoxy) is 1. The van der Waals surface area contributed by atoms with Crippen LogP contribution in [-0.2, 0) is 11.2 Å². The zero-order valence-electron chi connectivity index (χ0n) is 13.8. The summed E-state index contributed by atoms with van der Waals surface area (Å²) in [6, 6.07) is 7.92. The quantitative estimate of drug-likeness (QED) is 0.708. The van der Waals surface area contributed by atoms with Crippen molar-refractivity contribution in [2.24, 2.45) is 0 Å². The van der Waals surface area contributed by atoms with Gasteiger partial charge in [0, 0.05) is 30.6 Å². The van der Waals surface area contributed by atoms with Crippen LogP contribution >= 0.6 is 11.3 Å². The Hall–Kier alpha value is -1.76. The third-order valence-electron chi connectivity index (χ3n) is 4.27. The molecule has 1 aromatic carbocycles. The van der Waals surface area contributed by atoms with Gasteiger partial charge in [0.1, 0.15) is 16.6 Å². The molecule has 0 N–H and O–H groups in total. The summed E-state index contributed by atoms with van der Waals surface area (Å²) in [4.78, 5) is 11.6. The van der Waals surface area contributed by atoms with E-state index in [4.69, 9.17) is 9.15 Å². The van der Waals surface area contributed by atoms with Crippen LogP contribution < -0.4 is 0 Å². The first-order valence-electron chi connectivity index (χ1n) is 8.38. The molecule has 0 bridgehead atoms. The molecule has 6 heteroatoms. The highest BCUT2D eigenvalue weighted by Crippen LogP contribution is 2.25. The first-order valence-corrected chi connectivity index (χ1v) is 9.26. The van der Waals surface area contributed by atoms with Crippen molar-refractivity contribution in [2.75, 3.05) is 26.2 Å². The van der Waals surface area contributed by atoms with E-state index in [2.05, 4.69) is 20.2 Å². The normalized spacial score (nSPS) is 19.1. The number of benzene rings is 1. The summed E-state index contributed by atoms with van der Waals surface area (Å²) in [7, 11) is 0. The number of oxazole rings is 1. The monoisotopic (exact) mass is 343 g/mol. The predicted molar refractivity (Wildman–Crippen MR) is 94.3 cm³/mol. The van der Waals surface area contributed by atoms with Crippen LogP contribution in [0.3, 0.4) is 0 Å². The lowest BCUT2D eigenvalue weighted by Crippen LogP contribution is -2.39. The van der Waals surface area contributed by atoms with Crippen molar-refractivity contribution in [3.8, 4) is 0 Å². The lowest BCUT2D eigenvalue weighted by atomic mass is 10.2. The van der Waals surface area contributed by atoms with Gasteiger partial charge in [-0.05, 0) is 32.0 Å². The molecule has 5 nitrogen and oxygen atoms in total. The van der Waals surface area contributed by atoms with Gasteiger partial charge in [-0.1, -0.05) is 12.1 Å². The van der Waals surface area contributed by atoms with E-state index < -0.39 is 0 Å². The minimum atomic E-state index is 0.113. The number of aryl methyl sites for hydroxylation is 2.